The van der Waals surface area contributed by atoms with Crippen molar-refractivity contribution in [3.05, 3.63) is 17.6 Å². The second kappa shape index (κ2) is 6.87. The molecule has 25 heavy (non-hydrogen) atoms. The van der Waals surface area contributed by atoms with Crippen LogP contribution in [-0.2, 0) is 16.6 Å². The van der Waals surface area contributed by atoms with E-state index in [0.717, 1.165) is 0 Å². The monoisotopic (exact) mass is 367 g/mol. The van der Waals surface area contributed by atoms with Gasteiger partial charge >= 0.3 is 0 Å². The fourth-order valence-electron chi connectivity index (χ4n) is 2.57. The highest BCUT2D eigenvalue weighted by Gasteiger charge is 2.26. The number of aryl methyl sites for hydroxylation is 2. The smallest absolute Gasteiger partial charge is 0.265 e. The fourth-order valence-corrected chi connectivity index (χ4v) is 4.02. The molecule has 0 aliphatic carbocycles. The van der Waals surface area contributed by atoms with E-state index < -0.39 is 10.0 Å². The van der Waals surface area contributed by atoms with Gasteiger partial charge in [-0.15, -0.1) is 0 Å². The Morgan fingerprint density at radius 1 is 1.16 bits per heavy atom. The fraction of sp³-hybridized carbons (Fsp3) is 0.533. The van der Waals surface area contributed by atoms with E-state index in [4.69, 9.17) is 0 Å². The van der Waals surface area contributed by atoms with Crippen LogP contribution < -0.4 is 14.5 Å². The van der Waals surface area contributed by atoms with Crippen molar-refractivity contribution in [2.24, 2.45) is 0 Å². The summed E-state index contributed by atoms with van der Waals surface area (Å²) in [5.41, 5.74) is 1.38. The molecule has 0 radical (unpaired) electrons. The van der Waals surface area contributed by atoms with Gasteiger partial charge in [0.1, 0.15) is 10.6 Å². The Morgan fingerprint density at radius 3 is 2.28 bits per heavy atom. The first-order valence-electron chi connectivity index (χ1n) is 7.87. The lowest BCUT2D eigenvalue weighted by Gasteiger charge is -2.19. The molecule has 10 heteroatoms. The number of aromatic nitrogens is 4. The molecule has 0 atom stereocenters. The molecule has 2 aromatic heterocycles. The topological polar surface area (TPSA) is 96.2 Å². The molecule has 0 bridgehead atoms. The molecule has 0 unspecified atom stereocenters. The molecule has 2 rings (SSSR count). The Hall–Kier alpha value is -2.36. The lowest BCUT2D eigenvalue weighted by molar-refractivity contribution is 0.598. The average Bonchev–Trinajstić information content (AvgIpc) is 2.81. The van der Waals surface area contributed by atoms with Crippen LogP contribution >= 0.6 is 0 Å². The molecule has 2 heterocycles. The van der Waals surface area contributed by atoms with Crippen LogP contribution in [0.4, 0.5) is 17.5 Å². The van der Waals surface area contributed by atoms with Gasteiger partial charge in [-0.3, -0.25) is 9.40 Å². The minimum absolute atomic E-state index is 0.191. The zero-order valence-corrected chi connectivity index (χ0v) is 16.5. The molecule has 0 saturated heterocycles. The Kier molecular flexibility index (Phi) is 5.21. The molecule has 138 valence electrons. The van der Waals surface area contributed by atoms with Crippen LogP contribution in [0, 0.1) is 13.8 Å². The summed E-state index contributed by atoms with van der Waals surface area (Å²) in [6.07, 6.45) is 1.48. The minimum atomic E-state index is -3.81. The largest absolute Gasteiger partial charge is 0.361 e. The third-order valence-electron chi connectivity index (χ3n) is 3.71. The highest BCUT2D eigenvalue weighted by atomic mass is 32.2. The van der Waals surface area contributed by atoms with E-state index in [2.05, 4.69) is 19.8 Å². The minimum Gasteiger partial charge on any atom is -0.361 e. The maximum Gasteiger partial charge on any atom is 0.265 e. The average molecular weight is 367 g/mol. The van der Waals surface area contributed by atoms with Gasteiger partial charge in [0.05, 0.1) is 17.6 Å². The van der Waals surface area contributed by atoms with E-state index in [1.165, 1.54) is 6.20 Å². The molecule has 0 saturated carbocycles. The van der Waals surface area contributed by atoms with Gasteiger partial charge in [0, 0.05) is 34.7 Å². The molecule has 1 N–H and O–H groups in total. The Labute approximate surface area is 148 Å². The number of hydrogen-bond donors (Lipinski definition) is 1. The zero-order valence-electron chi connectivity index (χ0n) is 15.7. The van der Waals surface area contributed by atoms with Crippen LogP contribution in [0.1, 0.15) is 18.3 Å². The second-order valence-corrected chi connectivity index (χ2v) is 7.74. The molecule has 0 aliphatic rings. The van der Waals surface area contributed by atoms with Crippen molar-refractivity contribution >= 4 is 27.5 Å². The number of hydrogen-bond acceptors (Lipinski definition) is 7. The molecular weight excluding hydrogens is 342 g/mol. The van der Waals surface area contributed by atoms with E-state index in [0.29, 0.717) is 35.4 Å². The maximum absolute atomic E-state index is 12.9. The highest BCUT2D eigenvalue weighted by molar-refractivity contribution is 7.92. The van der Waals surface area contributed by atoms with Gasteiger partial charge in [-0.05, 0) is 20.8 Å². The number of nitrogens with one attached hydrogen (secondary N) is 1. The van der Waals surface area contributed by atoms with Crippen LogP contribution in [0.5, 0.6) is 0 Å². The van der Waals surface area contributed by atoms with Crippen molar-refractivity contribution in [3.63, 3.8) is 0 Å². The van der Waals surface area contributed by atoms with Gasteiger partial charge < -0.3 is 9.80 Å². The van der Waals surface area contributed by atoms with Crippen LogP contribution in [0.3, 0.4) is 0 Å². The Morgan fingerprint density at radius 2 is 1.80 bits per heavy atom. The Balaban J connectivity index is 2.50. The molecule has 0 spiro atoms. The molecule has 9 nitrogen and oxygen atoms in total. The van der Waals surface area contributed by atoms with Gasteiger partial charge in [0.25, 0.3) is 10.0 Å². The second-order valence-electron chi connectivity index (χ2n) is 6.12. The van der Waals surface area contributed by atoms with Gasteiger partial charge in [-0.2, -0.15) is 10.1 Å². The van der Waals surface area contributed by atoms with E-state index in [9.17, 15) is 8.42 Å². The summed E-state index contributed by atoms with van der Waals surface area (Å²) in [5, 5.41) is 4.28. The standard InChI is InChI=1S/C15H25N7O2S/c1-8-22-11(3)13(10(2)18-22)25(23,24)19-12-9-16-15(21(6)7)17-14(12)20(4)5/h9,19H,8H2,1-7H3. The summed E-state index contributed by atoms with van der Waals surface area (Å²) in [7, 11) is 3.43. The van der Waals surface area contributed by atoms with Gasteiger partial charge in [-0.25, -0.2) is 13.4 Å². The Bertz CT molecular complexity index is 872. The van der Waals surface area contributed by atoms with E-state index in [-0.39, 0.29) is 4.90 Å². The van der Waals surface area contributed by atoms with Crippen molar-refractivity contribution in [1.82, 2.24) is 19.7 Å². The molecular formula is C15H25N7O2S. The van der Waals surface area contributed by atoms with Crippen LogP contribution in [0.2, 0.25) is 0 Å². The lowest BCUT2D eigenvalue weighted by atomic mass is 10.4. The van der Waals surface area contributed by atoms with Crippen LogP contribution in [-0.4, -0.2) is 56.4 Å². The predicted molar refractivity (Wildman–Crippen MR) is 98.9 cm³/mol. The lowest BCUT2D eigenvalue weighted by Crippen LogP contribution is -2.21. The van der Waals surface area contributed by atoms with Gasteiger partial charge in [0.15, 0.2) is 5.82 Å². The van der Waals surface area contributed by atoms with E-state index in [1.807, 2.05) is 21.0 Å². The van der Waals surface area contributed by atoms with Crippen molar-refractivity contribution in [2.75, 3.05) is 42.7 Å². The van der Waals surface area contributed by atoms with E-state index >= 15 is 0 Å². The summed E-state index contributed by atoms with van der Waals surface area (Å²) in [6, 6.07) is 0. The first-order chi connectivity index (χ1) is 11.6. The third-order valence-corrected chi connectivity index (χ3v) is 5.32. The van der Waals surface area contributed by atoms with Crippen LogP contribution in [0.15, 0.2) is 11.1 Å². The first kappa shape index (κ1) is 19.0. The molecule has 0 fully saturated rings. The third kappa shape index (κ3) is 3.68. The summed E-state index contributed by atoms with van der Waals surface area (Å²) in [5.74, 6) is 0.985. The molecule has 0 aromatic carbocycles. The van der Waals surface area contributed by atoms with Crippen molar-refractivity contribution in [2.45, 2.75) is 32.2 Å². The highest BCUT2D eigenvalue weighted by Crippen LogP contribution is 2.28. The van der Waals surface area contributed by atoms with Crippen molar-refractivity contribution in [1.29, 1.82) is 0 Å². The first-order valence-corrected chi connectivity index (χ1v) is 9.35. The summed E-state index contributed by atoms with van der Waals surface area (Å²) >= 11 is 0. The molecule has 0 aliphatic heterocycles. The SMILES string of the molecule is CCn1nc(C)c(S(=O)(=O)Nc2cnc(N(C)C)nc2N(C)C)c1C. The summed E-state index contributed by atoms with van der Waals surface area (Å²) in [4.78, 5) is 12.3. The molecule has 2 aromatic rings. The van der Waals surface area contributed by atoms with Gasteiger partial charge in [0.2, 0.25) is 5.95 Å². The number of anilines is 3. The number of rotatable bonds is 6. The van der Waals surface area contributed by atoms with Crippen molar-refractivity contribution < 1.29 is 8.42 Å². The number of sulfonamides is 1. The van der Waals surface area contributed by atoms with Gasteiger partial charge in [-0.1, -0.05) is 0 Å². The van der Waals surface area contributed by atoms with E-state index in [1.54, 1.807) is 42.4 Å². The molecule has 0 amide bonds. The quantitative estimate of drug-likeness (QED) is 0.820. The maximum atomic E-state index is 12.9. The van der Waals surface area contributed by atoms with Crippen molar-refractivity contribution in [3.8, 4) is 0 Å². The van der Waals surface area contributed by atoms with Crippen LogP contribution in [0.25, 0.3) is 0 Å². The summed E-state index contributed by atoms with van der Waals surface area (Å²) < 4.78 is 30.1. The zero-order chi connectivity index (χ0) is 18.9. The summed E-state index contributed by atoms with van der Waals surface area (Å²) in [6.45, 7) is 5.95. The predicted octanol–water partition coefficient (Wildman–Crippen LogP) is 1.24. The number of nitrogens with zero attached hydrogens (tertiary/aromatic N) is 6. The normalized spacial score (nSPS) is 11.5.